The maximum absolute atomic E-state index is 12.8. The van der Waals surface area contributed by atoms with E-state index in [4.69, 9.17) is 0 Å². The number of rotatable bonds is 7. The second-order valence-corrected chi connectivity index (χ2v) is 6.13. The summed E-state index contributed by atoms with van der Waals surface area (Å²) >= 11 is 1.17. The summed E-state index contributed by atoms with van der Waals surface area (Å²) in [5.74, 6) is -0.624. The number of anilines is 2. The van der Waals surface area contributed by atoms with Gasteiger partial charge in [0.2, 0.25) is 0 Å². The molecule has 0 atom stereocenters. The third-order valence-electron chi connectivity index (χ3n) is 3.32. The highest BCUT2D eigenvalue weighted by atomic mass is 32.1. The standard InChI is InChI=1S/C18H16F3N3O3S/c1-11(16(25)26-2)7-12(9-22-27-3)15-10-28-17(24-15)23-14-6-4-5-13(8-14)18(19,20)21/h4-10H,1H2,2-3H3,(H,23,24)/b12-7+,22-9+. The first kappa shape index (κ1) is 21.2. The maximum Gasteiger partial charge on any atom is 0.416 e. The van der Waals surface area contributed by atoms with Crippen LogP contribution in [0.2, 0.25) is 0 Å². The molecular formula is C18H16F3N3O3S. The number of hydrogen-bond donors (Lipinski definition) is 1. The number of allylic oxidation sites excluding steroid dienone is 1. The molecule has 1 aromatic carbocycles. The molecule has 0 aliphatic carbocycles. The molecule has 2 rings (SSSR count). The largest absolute Gasteiger partial charge is 0.465 e. The Labute approximate surface area is 163 Å². The lowest BCUT2D eigenvalue weighted by Crippen LogP contribution is -2.05. The van der Waals surface area contributed by atoms with Crippen LogP contribution in [0.25, 0.3) is 5.57 Å². The first-order valence-electron chi connectivity index (χ1n) is 7.70. The molecule has 1 heterocycles. The molecule has 0 fully saturated rings. The maximum atomic E-state index is 12.8. The smallest absolute Gasteiger partial charge is 0.416 e. The van der Waals surface area contributed by atoms with E-state index in [-0.39, 0.29) is 11.3 Å². The monoisotopic (exact) mass is 411 g/mol. The van der Waals surface area contributed by atoms with E-state index in [1.54, 1.807) is 5.38 Å². The van der Waals surface area contributed by atoms with E-state index in [1.165, 1.54) is 50.0 Å². The molecule has 10 heteroatoms. The first-order valence-corrected chi connectivity index (χ1v) is 8.58. The molecule has 0 unspecified atom stereocenters. The molecule has 0 radical (unpaired) electrons. The van der Waals surface area contributed by atoms with Crippen LogP contribution in [-0.4, -0.2) is 31.4 Å². The van der Waals surface area contributed by atoms with Crippen LogP contribution in [0, 0.1) is 0 Å². The number of carbonyl (C=O) groups is 1. The third-order valence-corrected chi connectivity index (χ3v) is 4.07. The Balaban J connectivity index is 2.27. The highest BCUT2D eigenvalue weighted by Gasteiger charge is 2.30. The fourth-order valence-electron chi connectivity index (χ4n) is 2.03. The lowest BCUT2D eigenvalue weighted by molar-refractivity contribution is -0.137. The van der Waals surface area contributed by atoms with Crippen molar-refractivity contribution in [2.75, 3.05) is 19.5 Å². The Morgan fingerprint density at radius 2 is 2.11 bits per heavy atom. The number of nitrogens with one attached hydrogen (secondary N) is 1. The molecular weight excluding hydrogens is 395 g/mol. The molecule has 6 nitrogen and oxygen atoms in total. The zero-order chi connectivity index (χ0) is 20.7. The normalized spacial score (nSPS) is 12.1. The Bertz CT molecular complexity index is 920. The summed E-state index contributed by atoms with van der Waals surface area (Å²) in [6, 6.07) is 4.78. The van der Waals surface area contributed by atoms with Crippen molar-refractivity contribution in [2.24, 2.45) is 5.16 Å². The van der Waals surface area contributed by atoms with Crippen LogP contribution in [0.5, 0.6) is 0 Å². The van der Waals surface area contributed by atoms with Gasteiger partial charge in [0.1, 0.15) is 7.11 Å². The molecule has 28 heavy (non-hydrogen) atoms. The van der Waals surface area contributed by atoms with E-state index in [0.717, 1.165) is 12.1 Å². The number of alkyl halides is 3. The van der Waals surface area contributed by atoms with Gasteiger partial charge in [-0.15, -0.1) is 11.3 Å². The van der Waals surface area contributed by atoms with Crippen molar-refractivity contribution in [3.63, 3.8) is 0 Å². The predicted octanol–water partition coefficient (Wildman–Crippen LogP) is 4.65. The van der Waals surface area contributed by atoms with Crippen molar-refractivity contribution < 1.29 is 27.5 Å². The zero-order valence-electron chi connectivity index (χ0n) is 14.9. The van der Waals surface area contributed by atoms with Crippen molar-refractivity contribution in [1.82, 2.24) is 4.98 Å². The van der Waals surface area contributed by atoms with Gasteiger partial charge in [-0.3, -0.25) is 0 Å². The third kappa shape index (κ3) is 5.68. The van der Waals surface area contributed by atoms with E-state index < -0.39 is 17.7 Å². The number of nitrogens with zero attached hydrogens (tertiary/aromatic N) is 2. The summed E-state index contributed by atoms with van der Waals surface area (Å²) in [6.07, 6.45) is -1.69. The quantitative estimate of drug-likeness (QED) is 0.236. The van der Waals surface area contributed by atoms with Crippen LogP contribution in [0.1, 0.15) is 11.3 Å². The van der Waals surface area contributed by atoms with Crippen LogP contribution >= 0.6 is 11.3 Å². The number of benzene rings is 1. The van der Waals surface area contributed by atoms with Crippen molar-refractivity contribution in [3.05, 3.63) is 59.1 Å². The van der Waals surface area contributed by atoms with Gasteiger partial charge in [0.25, 0.3) is 0 Å². The van der Waals surface area contributed by atoms with Gasteiger partial charge in [0.05, 0.1) is 30.2 Å². The van der Waals surface area contributed by atoms with Gasteiger partial charge in [-0.05, 0) is 24.3 Å². The van der Waals surface area contributed by atoms with Gasteiger partial charge < -0.3 is 14.9 Å². The lowest BCUT2D eigenvalue weighted by atomic mass is 10.1. The van der Waals surface area contributed by atoms with Gasteiger partial charge in [-0.25, -0.2) is 9.78 Å². The van der Waals surface area contributed by atoms with Crippen molar-refractivity contribution >= 4 is 39.9 Å². The molecule has 0 saturated heterocycles. The number of hydrogen-bond acceptors (Lipinski definition) is 7. The van der Waals surface area contributed by atoms with E-state index in [0.29, 0.717) is 16.4 Å². The number of aromatic nitrogens is 1. The second-order valence-electron chi connectivity index (χ2n) is 5.28. The minimum Gasteiger partial charge on any atom is -0.465 e. The van der Waals surface area contributed by atoms with E-state index in [1.807, 2.05) is 0 Å². The van der Waals surface area contributed by atoms with Gasteiger partial charge in [-0.2, -0.15) is 13.2 Å². The Morgan fingerprint density at radius 1 is 1.36 bits per heavy atom. The fraction of sp³-hybridized carbons (Fsp3) is 0.167. The number of methoxy groups -OCH3 is 1. The molecule has 0 aliphatic rings. The highest BCUT2D eigenvalue weighted by Crippen LogP contribution is 2.32. The van der Waals surface area contributed by atoms with Crippen molar-refractivity contribution in [2.45, 2.75) is 6.18 Å². The first-order chi connectivity index (χ1) is 13.2. The summed E-state index contributed by atoms with van der Waals surface area (Å²) in [5, 5.41) is 8.48. The minimum atomic E-state index is -4.44. The average molecular weight is 411 g/mol. The SMILES string of the molecule is C=C(/C=C(\C=N\OC)c1csc(Nc2cccc(C(F)(F)F)c2)n1)C(=O)OC. The Morgan fingerprint density at radius 3 is 2.75 bits per heavy atom. The number of carbonyl (C=O) groups excluding carboxylic acids is 1. The van der Waals surface area contributed by atoms with Crippen LogP contribution in [0.4, 0.5) is 24.0 Å². The summed E-state index contributed by atoms with van der Waals surface area (Å²) in [6.45, 7) is 3.61. The van der Waals surface area contributed by atoms with E-state index >= 15 is 0 Å². The fourth-order valence-corrected chi connectivity index (χ4v) is 2.76. The summed E-state index contributed by atoms with van der Waals surface area (Å²) < 4.78 is 43.1. The van der Waals surface area contributed by atoms with Crippen LogP contribution in [-0.2, 0) is 20.5 Å². The Hall–Kier alpha value is -3.14. The number of esters is 1. The Kier molecular flexibility index (Phi) is 6.94. The van der Waals surface area contributed by atoms with Gasteiger partial charge in [0.15, 0.2) is 5.13 Å². The molecule has 0 bridgehead atoms. The minimum absolute atomic E-state index is 0.0699. The lowest BCUT2D eigenvalue weighted by Gasteiger charge is -2.09. The van der Waals surface area contributed by atoms with Gasteiger partial charge >= 0.3 is 12.1 Å². The predicted molar refractivity (Wildman–Crippen MR) is 101 cm³/mol. The average Bonchev–Trinajstić information content (AvgIpc) is 3.12. The number of ether oxygens (including phenoxy) is 1. The summed E-state index contributed by atoms with van der Waals surface area (Å²) in [5.41, 5.74) is 0.374. The topological polar surface area (TPSA) is 72.8 Å². The van der Waals surface area contributed by atoms with Crippen molar-refractivity contribution in [3.8, 4) is 0 Å². The highest BCUT2D eigenvalue weighted by molar-refractivity contribution is 7.13. The molecule has 0 saturated carbocycles. The van der Waals surface area contributed by atoms with Gasteiger partial charge in [0, 0.05) is 16.6 Å². The molecule has 148 valence electrons. The van der Waals surface area contributed by atoms with Crippen LogP contribution < -0.4 is 5.32 Å². The molecule has 2 aromatic rings. The van der Waals surface area contributed by atoms with E-state index in [9.17, 15) is 18.0 Å². The van der Waals surface area contributed by atoms with Gasteiger partial charge in [-0.1, -0.05) is 17.8 Å². The molecule has 0 amide bonds. The van der Waals surface area contributed by atoms with E-state index in [2.05, 4.69) is 31.6 Å². The number of thiazole rings is 1. The van der Waals surface area contributed by atoms with Crippen LogP contribution in [0.15, 0.2) is 53.0 Å². The van der Waals surface area contributed by atoms with Crippen LogP contribution in [0.3, 0.4) is 0 Å². The number of halogens is 3. The summed E-state index contributed by atoms with van der Waals surface area (Å²) in [7, 11) is 2.58. The second kappa shape index (κ2) is 9.18. The zero-order valence-corrected chi connectivity index (χ0v) is 15.7. The number of oxime groups is 1. The summed E-state index contributed by atoms with van der Waals surface area (Å²) in [4.78, 5) is 20.5. The van der Waals surface area contributed by atoms with Crippen molar-refractivity contribution in [1.29, 1.82) is 0 Å². The molecule has 1 aromatic heterocycles. The molecule has 1 N–H and O–H groups in total. The molecule has 0 spiro atoms. The molecule has 0 aliphatic heterocycles.